The van der Waals surface area contributed by atoms with Crippen molar-refractivity contribution in [3.8, 4) is 89.0 Å². The minimum atomic E-state index is -0.0507. The molecule has 0 atom stereocenters. The zero-order valence-electron chi connectivity index (χ0n) is 78.1. The van der Waals surface area contributed by atoms with Gasteiger partial charge < -0.3 is 30.6 Å². The van der Waals surface area contributed by atoms with E-state index >= 15 is 0 Å². The Hall–Kier alpha value is -13.4. The summed E-state index contributed by atoms with van der Waals surface area (Å²) in [6.45, 7) is 14.1. The zero-order valence-corrected chi connectivity index (χ0v) is 79.7. The number of carbonyl (C=O) groups is 2. The van der Waals surface area contributed by atoms with Gasteiger partial charge in [0.05, 0.1) is 45.6 Å². The van der Waals surface area contributed by atoms with Crippen molar-refractivity contribution in [1.29, 1.82) is 0 Å². The number of benzene rings is 8. The number of aromatic nitrogens is 8. The molecule has 16 bridgehead atoms. The van der Waals surface area contributed by atoms with E-state index < -0.39 is 0 Å². The van der Waals surface area contributed by atoms with Crippen molar-refractivity contribution in [1.82, 2.24) is 50.5 Å². The van der Waals surface area contributed by atoms with Crippen LogP contribution in [0.4, 0.5) is 0 Å². The molecule has 4 aliphatic rings. The second-order valence-electron chi connectivity index (χ2n) is 36.6. The lowest BCUT2D eigenvalue weighted by Gasteiger charge is -2.09. The van der Waals surface area contributed by atoms with Crippen LogP contribution in [0.3, 0.4) is 0 Å². The maximum Gasteiger partial charge on any atom is 0.251 e. The van der Waals surface area contributed by atoms with Crippen molar-refractivity contribution < 1.29 is 9.59 Å². The first-order valence-corrected chi connectivity index (χ1v) is 51.0. The van der Waals surface area contributed by atoms with Crippen LogP contribution in [-0.4, -0.2) is 76.3 Å². The SMILES string of the molecule is Cc1ccc(-c2c3nc(c(-c4ccc(C)cc4)c4ccc([nH]4)c(-c4ccc(C(=O)NCCCCCCCCCCCCSSCCCCCCCCCCCCNC(=O)c5ccc(-c6c7nc(c(-c8ccc(C)cc8)c8ccc([nH]8)c(-c8ccc(C)cc8)c8nc(c(-c9ccc(C)cc9)c9ccc6[nH]9)C=C8)C=C7)cc5)cc4)c4nc(c(-c5ccc(C)cc5)c5ccc2[nH]5)C=C4)C=C3)cc1. The summed E-state index contributed by atoms with van der Waals surface area (Å²) in [4.78, 5) is 65.0. The van der Waals surface area contributed by atoms with Gasteiger partial charge >= 0.3 is 0 Å². The van der Waals surface area contributed by atoms with Crippen LogP contribution in [0.25, 0.3) is 182 Å². The molecule has 0 saturated heterocycles. The van der Waals surface area contributed by atoms with Gasteiger partial charge in [0.2, 0.25) is 0 Å². The van der Waals surface area contributed by atoms with Crippen LogP contribution in [0.5, 0.6) is 0 Å². The van der Waals surface area contributed by atoms with Crippen LogP contribution in [-0.2, 0) is 0 Å². The standard InChI is InChI=1S/C120H120N10O2S2/c1-79-27-39-85(40-28-79)111-95-59-63-99(123-95)113(87-43-31-81(3)32-44-87)103-67-71-107(127-103)117(108-72-68-104(128-108)114(100-64-60-96(111)124-100)88-45-33-82(4)34-46-88)91-51-55-93(56-52-91)119(131)121-75-23-19-15-11-7-9-13-17-21-25-77-133-134-78-26-22-18-14-10-8-12-16-20-24-76-122-120(132)94-57-53-92(54-58-94)118-109-73-69-105(129-109)115(89-47-35-83(5)36-48-89)101-65-61-97(125-101)112(86-41-29-80(2)30-42-86)98-62-66-102(126-98)116(106-70-74-110(118)130-106)90-49-37-84(6)38-50-90/h27-74,123,125,128,130H,7-26,75-78H2,1-6H3,(H,121,131)(H,122,132). The third kappa shape index (κ3) is 21.9. The van der Waals surface area contributed by atoms with Crippen molar-refractivity contribution in [2.75, 3.05) is 24.6 Å². The number of carbonyl (C=O) groups excluding carboxylic acids is 2. The summed E-state index contributed by atoms with van der Waals surface area (Å²) < 4.78 is 0. The fourth-order valence-electron chi connectivity index (χ4n) is 18.9. The minimum absolute atomic E-state index is 0.0507. The normalized spacial score (nSPS) is 12.1. The highest BCUT2D eigenvalue weighted by atomic mass is 33.1. The van der Waals surface area contributed by atoms with E-state index in [4.69, 9.17) is 19.9 Å². The number of fused-ring (bicyclic) bond motifs is 16. The van der Waals surface area contributed by atoms with Gasteiger partial charge in [0, 0.05) is 124 Å². The lowest BCUT2D eigenvalue weighted by atomic mass is 10.0. The van der Waals surface area contributed by atoms with Gasteiger partial charge in [-0.2, -0.15) is 0 Å². The second kappa shape index (κ2) is 43.5. The summed E-state index contributed by atoms with van der Waals surface area (Å²) >= 11 is 0. The topological polar surface area (TPSA) is 173 Å². The first-order chi connectivity index (χ1) is 65.7. The molecule has 0 spiro atoms. The lowest BCUT2D eigenvalue weighted by Crippen LogP contribution is -2.24. The summed E-state index contributed by atoms with van der Waals surface area (Å²) in [6.07, 6.45) is 42.0. The number of rotatable bonds is 37. The van der Waals surface area contributed by atoms with Crippen LogP contribution in [0.1, 0.15) is 228 Å². The number of hydrogen-bond donors (Lipinski definition) is 6. The molecule has 18 rings (SSSR count). The third-order valence-electron chi connectivity index (χ3n) is 26.4. The summed E-state index contributed by atoms with van der Waals surface area (Å²) in [6, 6.07) is 85.6. The van der Waals surface area contributed by atoms with Crippen molar-refractivity contribution in [2.45, 2.75) is 170 Å². The Kier molecular flexibility index (Phi) is 29.6. The minimum Gasteiger partial charge on any atom is -0.354 e. The third-order valence-corrected chi connectivity index (χ3v) is 29.0. The van der Waals surface area contributed by atoms with Crippen molar-refractivity contribution >= 4 is 126 Å². The molecule has 0 aliphatic carbocycles. The van der Waals surface area contributed by atoms with Gasteiger partial charge in [0.25, 0.3) is 11.8 Å². The van der Waals surface area contributed by atoms with Gasteiger partial charge in [-0.1, -0.05) is 328 Å². The molecule has 0 saturated carbocycles. The first-order valence-electron chi connectivity index (χ1n) is 48.5. The Labute approximate surface area is 796 Å². The van der Waals surface area contributed by atoms with Gasteiger partial charge in [0.15, 0.2) is 0 Å². The highest BCUT2D eigenvalue weighted by Crippen LogP contribution is 2.43. The fourth-order valence-corrected chi connectivity index (χ4v) is 21.2. The fraction of sp³-hybridized carbons (Fsp3) is 0.250. The highest BCUT2D eigenvalue weighted by Gasteiger charge is 2.24. The van der Waals surface area contributed by atoms with E-state index in [1.807, 2.05) is 24.3 Å². The number of nitrogens with one attached hydrogen (secondary N) is 6. The smallest absolute Gasteiger partial charge is 0.251 e. The monoisotopic (exact) mass is 1800 g/mol. The Balaban J connectivity index is 0.398. The predicted molar refractivity (Wildman–Crippen MR) is 572 cm³/mol. The summed E-state index contributed by atoms with van der Waals surface area (Å²) in [5.74, 6) is 2.41. The van der Waals surface area contributed by atoms with Crippen LogP contribution in [0.2, 0.25) is 0 Å². The summed E-state index contributed by atoms with van der Waals surface area (Å²) in [7, 11) is 4.15. The molecule has 12 nitrogen and oxygen atoms in total. The van der Waals surface area contributed by atoms with Gasteiger partial charge in [0.1, 0.15) is 0 Å². The van der Waals surface area contributed by atoms with E-state index in [1.165, 1.54) is 148 Å². The van der Waals surface area contributed by atoms with Crippen LogP contribution < -0.4 is 10.6 Å². The molecule has 6 N–H and O–H groups in total. The van der Waals surface area contributed by atoms with Gasteiger partial charge in [-0.25, -0.2) is 19.9 Å². The van der Waals surface area contributed by atoms with Gasteiger partial charge in [-0.15, -0.1) is 0 Å². The van der Waals surface area contributed by atoms with E-state index in [2.05, 4.69) is 361 Å². The molecule has 0 unspecified atom stereocenters. The summed E-state index contributed by atoms with van der Waals surface area (Å²) in [5, 5.41) is 6.46. The van der Waals surface area contributed by atoms with Crippen LogP contribution in [0, 0.1) is 41.5 Å². The molecular formula is C120H120N10O2S2. The quantitative estimate of drug-likeness (QED) is 0.0165. The number of nitrogens with zero attached hydrogens (tertiary/aromatic N) is 4. The largest absolute Gasteiger partial charge is 0.354 e. The number of hydrogen-bond acceptors (Lipinski definition) is 8. The molecular weight excluding hydrogens is 1680 g/mol. The number of aromatic amines is 4. The Morgan fingerprint density at radius 3 is 0.545 bits per heavy atom. The zero-order chi connectivity index (χ0) is 91.6. The van der Waals surface area contributed by atoms with E-state index in [9.17, 15) is 9.59 Å². The van der Waals surface area contributed by atoms with Crippen LogP contribution >= 0.6 is 21.6 Å². The van der Waals surface area contributed by atoms with Crippen LogP contribution in [0.15, 0.2) is 243 Å². The number of amides is 2. The Morgan fingerprint density at radius 1 is 0.209 bits per heavy atom. The molecule has 0 fully saturated rings. The van der Waals surface area contributed by atoms with E-state index in [-0.39, 0.29) is 11.8 Å². The maximum absolute atomic E-state index is 13.7. The molecule has 2 amide bonds. The second-order valence-corrected chi connectivity index (χ2v) is 39.3. The first kappa shape index (κ1) is 91.1. The average molecular weight is 1800 g/mol. The lowest BCUT2D eigenvalue weighted by molar-refractivity contribution is 0.0944. The maximum atomic E-state index is 13.7. The molecule has 6 aromatic heterocycles. The Morgan fingerprint density at radius 2 is 0.366 bits per heavy atom. The number of unbranched alkanes of at least 4 members (excludes halogenated alkanes) is 18. The van der Waals surface area contributed by atoms with E-state index in [1.54, 1.807) is 0 Å². The number of H-pyrrole nitrogens is 4. The van der Waals surface area contributed by atoms with E-state index in [0.29, 0.717) is 24.2 Å². The molecule has 14 aromatic rings. The summed E-state index contributed by atoms with van der Waals surface area (Å²) in [5.41, 5.74) is 39.1. The highest BCUT2D eigenvalue weighted by molar-refractivity contribution is 8.76. The van der Waals surface area contributed by atoms with Crippen molar-refractivity contribution in [2.24, 2.45) is 0 Å². The van der Waals surface area contributed by atoms with E-state index in [0.717, 1.165) is 204 Å². The van der Waals surface area contributed by atoms with Gasteiger partial charge in [-0.3, -0.25) is 9.59 Å². The Bertz CT molecular complexity index is 6540. The predicted octanol–water partition coefficient (Wildman–Crippen LogP) is 32.2. The molecule has 134 heavy (non-hydrogen) atoms. The number of aryl methyl sites for hydroxylation is 6. The molecule has 674 valence electrons. The molecule has 8 aromatic carbocycles. The molecule has 10 heterocycles. The molecule has 4 aliphatic heterocycles. The van der Waals surface area contributed by atoms with Crippen molar-refractivity contribution in [3.05, 3.63) is 333 Å². The molecule has 14 heteroatoms. The molecule has 0 radical (unpaired) electrons. The van der Waals surface area contributed by atoms with Crippen molar-refractivity contribution in [3.63, 3.8) is 0 Å². The average Bonchev–Trinajstić information content (AvgIpc) is 1.61. The van der Waals surface area contributed by atoms with Gasteiger partial charge in [-0.05, 0) is 233 Å².